The van der Waals surface area contributed by atoms with Crippen molar-refractivity contribution in [2.45, 2.75) is 110 Å². The molecule has 1 aromatic carbocycles. The standard InChI is InChI=1S/C35H50N2O5/c1-20(37(7)8)24-14-15-33(5)27-17-26(41-21(2)38)29-23(18-35(27)28(42-35)19-34(24,33)6)16-25(39)30(32(29,3)4)36-31(40)22-12-10-9-11-13-22/h9-13,16,20,24-30,39H,14-15,17-19H2,1-8H3,(H,36,40)/t20-,24+,25+,26-,27-,28-,29-,30-,33-,34+,35+/m0/s1. The molecule has 0 radical (unpaired) electrons. The number of nitrogens with zero attached hydrogens (tertiary/aromatic N) is 1. The fourth-order valence-corrected chi connectivity index (χ4v) is 10.5. The molecule has 2 N–H and O–H groups in total. The van der Waals surface area contributed by atoms with Crippen LogP contribution in [0.1, 0.15) is 84.0 Å². The van der Waals surface area contributed by atoms with E-state index in [0.29, 0.717) is 17.5 Å². The molecular formula is C35H50N2O5. The van der Waals surface area contributed by atoms with Gasteiger partial charge in [-0.3, -0.25) is 9.59 Å². The van der Waals surface area contributed by atoms with Gasteiger partial charge in [-0.25, -0.2) is 0 Å². The van der Waals surface area contributed by atoms with Gasteiger partial charge in [-0.15, -0.1) is 0 Å². The maximum atomic E-state index is 13.3. The fourth-order valence-electron chi connectivity index (χ4n) is 10.5. The first kappa shape index (κ1) is 29.8. The van der Waals surface area contributed by atoms with E-state index in [9.17, 15) is 14.7 Å². The van der Waals surface area contributed by atoms with Gasteiger partial charge in [0, 0.05) is 36.8 Å². The Balaban J connectivity index is 1.38. The molecule has 0 bridgehead atoms. The Hall–Kier alpha value is -2.22. The van der Waals surface area contributed by atoms with E-state index in [1.807, 2.05) is 24.3 Å². The Bertz CT molecular complexity index is 1280. The smallest absolute Gasteiger partial charge is 0.302 e. The minimum Gasteiger partial charge on any atom is -0.462 e. The van der Waals surface area contributed by atoms with Crippen LogP contribution in [0.3, 0.4) is 0 Å². The first-order chi connectivity index (χ1) is 19.7. The number of amides is 1. The number of carbonyl (C=O) groups excluding carboxylic acids is 2. The van der Waals surface area contributed by atoms with E-state index >= 15 is 0 Å². The first-order valence-electron chi connectivity index (χ1n) is 15.9. The molecule has 11 atom stereocenters. The summed E-state index contributed by atoms with van der Waals surface area (Å²) in [6.45, 7) is 13.0. The molecule has 0 unspecified atom stereocenters. The van der Waals surface area contributed by atoms with E-state index < -0.39 is 17.6 Å². The summed E-state index contributed by atoms with van der Waals surface area (Å²) in [5, 5.41) is 14.7. The number of benzene rings is 1. The lowest BCUT2D eigenvalue weighted by molar-refractivity contribution is -0.155. The molecule has 3 saturated carbocycles. The number of carbonyl (C=O) groups is 2. The molecule has 1 spiro atoms. The van der Waals surface area contributed by atoms with Crippen LogP contribution in [0.4, 0.5) is 0 Å². The molecule has 0 aromatic heterocycles. The maximum Gasteiger partial charge on any atom is 0.302 e. The van der Waals surface area contributed by atoms with Crippen LogP contribution in [0.5, 0.6) is 0 Å². The normalized spacial score (nSPS) is 44.0. The first-order valence-corrected chi connectivity index (χ1v) is 15.9. The van der Waals surface area contributed by atoms with Crippen LogP contribution in [0.25, 0.3) is 0 Å². The zero-order valence-electron chi connectivity index (χ0n) is 26.6. The van der Waals surface area contributed by atoms with Gasteiger partial charge in [0.05, 0.1) is 18.2 Å². The van der Waals surface area contributed by atoms with Gasteiger partial charge < -0.3 is 24.8 Å². The summed E-state index contributed by atoms with van der Waals surface area (Å²) < 4.78 is 13.1. The Morgan fingerprint density at radius 1 is 1.12 bits per heavy atom. The number of fused-ring (bicyclic) bond motifs is 3. The highest BCUT2D eigenvalue weighted by Gasteiger charge is 2.77. The van der Waals surface area contributed by atoms with Gasteiger partial charge >= 0.3 is 5.97 Å². The number of ether oxygens (including phenoxy) is 2. The third-order valence-electron chi connectivity index (χ3n) is 13.0. The quantitative estimate of drug-likeness (QED) is 0.291. The van der Waals surface area contributed by atoms with Gasteiger partial charge in [0.2, 0.25) is 0 Å². The average molecular weight is 579 g/mol. The molecule has 1 aromatic rings. The number of nitrogens with one attached hydrogen (secondary N) is 1. The van der Waals surface area contributed by atoms with E-state index in [0.717, 1.165) is 31.3 Å². The Kier molecular flexibility index (Phi) is 7.03. The maximum absolute atomic E-state index is 13.3. The molecular weight excluding hydrogens is 528 g/mol. The molecule has 1 aliphatic heterocycles. The number of hydrogen-bond acceptors (Lipinski definition) is 6. The van der Waals surface area contributed by atoms with Gasteiger partial charge in [-0.2, -0.15) is 0 Å². The number of epoxide rings is 1. The molecule has 6 rings (SSSR count). The Labute approximate surface area is 251 Å². The zero-order chi connectivity index (χ0) is 30.4. The van der Waals surface area contributed by atoms with Crippen LogP contribution in [0.15, 0.2) is 42.0 Å². The summed E-state index contributed by atoms with van der Waals surface area (Å²) in [4.78, 5) is 28.3. The highest BCUT2D eigenvalue weighted by atomic mass is 16.6. The minimum atomic E-state index is -0.858. The van der Waals surface area contributed by atoms with Gasteiger partial charge in [-0.1, -0.05) is 57.5 Å². The lowest BCUT2D eigenvalue weighted by Gasteiger charge is -2.55. The van der Waals surface area contributed by atoms with Gasteiger partial charge in [0.15, 0.2) is 0 Å². The van der Waals surface area contributed by atoms with Crippen LogP contribution in [0, 0.1) is 34.0 Å². The molecule has 230 valence electrons. The second-order valence-electron chi connectivity index (χ2n) is 15.4. The topological polar surface area (TPSA) is 91.4 Å². The lowest BCUT2D eigenvalue weighted by Crippen LogP contribution is -2.59. The minimum absolute atomic E-state index is 0.0328. The summed E-state index contributed by atoms with van der Waals surface area (Å²) in [5.41, 5.74) is 0.937. The third-order valence-corrected chi connectivity index (χ3v) is 13.0. The van der Waals surface area contributed by atoms with Crippen molar-refractivity contribution in [2.24, 2.45) is 34.0 Å². The predicted octanol–water partition coefficient (Wildman–Crippen LogP) is 4.98. The van der Waals surface area contributed by atoms with Crippen molar-refractivity contribution in [3.8, 4) is 0 Å². The molecule has 1 heterocycles. The van der Waals surface area contributed by atoms with Gasteiger partial charge in [-0.05, 0) is 81.0 Å². The van der Waals surface area contributed by atoms with Crippen LogP contribution >= 0.6 is 0 Å². The molecule has 7 nitrogen and oxygen atoms in total. The number of rotatable bonds is 5. The number of hydrogen-bond donors (Lipinski definition) is 2. The summed E-state index contributed by atoms with van der Waals surface area (Å²) in [6.07, 6.45) is 5.72. The summed E-state index contributed by atoms with van der Waals surface area (Å²) >= 11 is 0. The summed E-state index contributed by atoms with van der Waals surface area (Å²) in [7, 11) is 4.37. The SMILES string of the molecule is CC(=O)O[C@H]1C[C@@H]2[C@@]3(CC4=C[C@@H](O)[C@H](NC(=O)c5ccccc5)C(C)(C)[C@@H]41)O[C@H]3C[C@]1(C)[C@@H]([C@H](C)N(C)C)CC[C@@]21C. The van der Waals surface area contributed by atoms with Crippen molar-refractivity contribution in [1.29, 1.82) is 0 Å². The Morgan fingerprint density at radius 2 is 1.81 bits per heavy atom. The number of esters is 1. The zero-order valence-corrected chi connectivity index (χ0v) is 26.6. The molecule has 7 heteroatoms. The second-order valence-corrected chi connectivity index (χ2v) is 15.4. The highest BCUT2D eigenvalue weighted by Crippen LogP contribution is 2.76. The van der Waals surface area contributed by atoms with E-state index in [4.69, 9.17) is 9.47 Å². The third kappa shape index (κ3) is 4.24. The predicted molar refractivity (Wildman–Crippen MR) is 162 cm³/mol. The van der Waals surface area contributed by atoms with Crippen molar-refractivity contribution in [3.05, 3.63) is 47.5 Å². The molecule has 1 saturated heterocycles. The monoisotopic (exact) mass is 578 g/mol. The summed E-state index contributed by atoms with van der Waals surface area (Å²) in [5.74, 6) is 0.144. The van der Waals surface area contributed by atoms with Crippen molar-refractivity contribution >= 4 is 11.9 Å². The Morgan fingerprint density at radius 3 is 2.45 bits per heavy atom. The van der Waals surface area contributed by atoms with E-state index in [-0.39, 0.29) is 52.4 Å². The molecule has 4 aliphatic carbocycles. The van der Waals surface area contributed by atoms with E-state index in [2.05, 4.69) is 58.9 Å². The number of aliphatic hydroxyl groups excluding tert-OH is 1. The van der Waals surface area contributed by atoms with Crippen molar-refractivity contribution in [3.63, 3.8) is 0 Å². The van der Waals surface area contributed by atoms with Crippen LogP contribution in [0.2, 0.25) is 0 Å². The van der Waals surface area contributed by atoms with E-state index in [1.165, 1.54) is 13.3 Å². The molecule has 1 amide bonds. The average Bonchev–Trinajstić information content (AvgIpc) is 3.55. The van der Waals surface area contributed by atoms with Crippen LogP contribution in [-0.4, -0.2) is 72.0 Å². The largest absolute Gasteiger partial charge is 0.462 e. The van der Waals surface area contributed by atoms with Crippen LogP contribution < -0.4 is 5.32 Å². The summed E-state index contributed by atoms with van der Waals surface area (Å²) in [6, 6.07) is 9.05. The van der Waals surface area contributed by atoms with Gasteiger partial charge in [0.1, 0.15) is 11.7 Å². The van der Waals surface area contributed by atoms with Crippen molar-refractivity contribution in [2.75, 3.05) is 14.1 Å². The van der Waals surface area contributed by atoms with Crippen LogP contribution in [-0.2, 0) is 14.3 Å². The number of aliphatic hydroxyl groups is 1. The molecule has 4 fully saturated rings. The molecule has 42 heavy (non-hydrogen) atoms. The van der Waals surface area contributed by atoms with E-state index in [1.54, 1.807) is 12.1 Å². The van der Waals surface area contributed by atoms with Gasteiger partial charge in [0.25, 0.3) is 5.91 Å². The lowest BCUT2D eigenvalue weighted by atomic mass is 9.48. The van der Waals surface area contributed by atoms with Crippen molar-refractivity contribution < 1.29 is 24.2 Å². The fraction of sp³-hybridized carbons (Fsp3) is 0.714. The second kappa shape index (κ2) is 9.90. The molecule has 5 aliphatic rings. The van der Waals surface area contributed by atoms with Crippen molar-refractivity contribution in [1.82, 2.24) is 10.2 Å². The highest BCUT2D eigenvalue weighted by molar-refractivity contribution is 5.94.